The van der Waals surface area contributed by atoms with E-state index in [1.807, 2.05) is 11.4 Å². The van der Waals surface area contributed by atoms with E-state index in [-0.39, 0.29) is 0 Å². The molecule has 2 atom stereocenters. The largest absolute Gasteiger partial charge is 0.389 e. The van der Waals surface area contributed by atoms with Crippen molar-refractivity contribution < 1.29 is 14.9 Å². The Morgan fingerprint density at radius 2 is 2.29 bits per heavy atom. The van der Waals surface area contributed by atoms with E-state index in [1.54, 1.807) is 7.11 Å². The smallest absolute Gasteiger partial charge is 0.106 e. The van der Waals surface area contributed by atoms with Gasteiger partial charge in [0.15, 0.2) is 0 Å². The molecule has 1 heterocycles. The summed E-state index contributed by atoms with van der Waals surface area (Å²) >= 11 is 4.64. The van der Waals surface area contributed by atoms with Gasteiger partial charge in [0.05, 0.1) is 12.7 Å². The quantitative estimate of drug-likeness (QED) is 0.807. The number of alkyl halides is 1. The van der Waals surface area contributed by atoms with Gasteiger partial charge in [0, 0.05) is 17.3 Å². The van der Waals surface area contributed by atoms with Gasteiger partial charge in [-0.25, -0.2) is 0 Å². The Labute approximate surface area is 95.5 Å². The van der Waals surface area contributed by atoms with Crippen LogP contribution in [0.25, 0.3) is 0 Å². The normalized spacial score (nSPS) is 15.4. The highest BCUT2D eigenvalue weighted by atomic mass is 79.9. The average molecular weight is 281 g/mol. The van der Waals surface area contributed by atoms with Crippen molar-refractivity contribution in [3.05, 3.63) is 21.9 Å². The van der Waals surface area contributed by atoms with E-state index in [0.717, 1.165) is 10.4 Å². The molecule has 80 valence electrons. The van der Waals surface area contributed by atoms with Crippen LogP contribution in [0.4, 0.5) is 0 Å². The molecule has 0 aliphatic heterocycles. The number of methoxy groups -OCH3 is 1. The van der Waals surface area contributed by atoms with Gasteiger partial charge < -0.3 is 14.9 Å². The Balaban J connectivity index is 2.65. The molecule has 2 N–H and O–H groups in total. The van der Waals surface area contributed by atoms with E-state index in [2.05, 4.69) is 15.9 Å². The third-order valence-electron chi connectivity index (χ3n) is 1.82. The highest BCUT2D eigenvalue weighted by molar-refractivity contribution is 9.09. The van der Waals surface area contributed by atoms with Gasteiger partial charge in [-0.1, -0.05) is 15.9 Å². The molecule has 0 aliphatic carbocycles. The zero-order valence-electron chi connectivity index (χ0n) is 7.81. The molecule has 0 aliphatic rings. The number of ether oxygens (including phenoxy) is 1. The van der Waals surface area contributed by atoms with E-state index in [1.165, 1.54) is 11.3 Å². The molecule has 0 amide bonds. The molecule has 1 aromatic rings. The lowest BCUT2D eigenvalue weighted by Crippen LogP contribution is -2.18. The molecule has 0 radical (unpaired) electrons. The summed E-state index contributed by atoms with van der Waals surface area (Å²) in [5.74, 6) is 0. The number of thiophene rings is 1. The molecule has 0 saturated heterocycles. The summed E-state index contributed by atoms with van der Waals surface area (Å²) < 4.78 is 4.96. The molecule has 2 unspecified atom stereocenters. The van der Waals surface area contributed by atoms with Crippen LogP contribution in [-0.2, 0) is 11.3 Å². The molecule has 0 spiro atoms. The van der Waals surface area contributed by atoms with Crippen molar-refractivity contribution in [2.24, 2.45) is 0 Å². The minimum absolute atomic E-state index is 0.365. The molecule has 0 fully saturated rings. The van der Waals surface area contributed by atoms with Gasteiger partial charge in [-0.3, -0.25) is 0 Å². The third kappa shape index (κ3) is 3.03. The van der Waals surface area contributed by atoms with Crippen LogP contribution in [0.3, 0.4) is 0 Å². The summed E-state index contributed by atoms with van der Waals surface area (Å²) in [6.45, 7) is 0.543. The monoisotopic (exact) mass is 280 g/mol. The third-order valence-corrected chi connectivity index (χ3v) is 3.42. The van der Waals surface area contributed by atoms with Crippen LogP contribution < -0.4 is 0 Å². The predicted octanol–water partition coefficient (Wildman–Crippen LogP) is 1.68. The maximum absolute atomic E-state index is 9.66. The van der Waals surface area contributed by atoms with Gasteiger partial charge in [0.2, 0.25) is 0 Å². The van der Waals surface area contributed by atoms with Crippen molar-refractivity contribution in [3.63, 3.8) is 0 Å². The summed E-state index contributed by atoms with van der Waals surface area (Å²) in [6, 6.07) is 1.85. The molecule has 0 aromatic carbocycles. The molecule has 14 heavy (non-hydrogen) atoms. The van der Waals surface area contributed by atoms with Crippen molar-refractivity contribution in [3.8, 4) is 0 Å². The second-order valence-corrected chi connectivity index (χ2v) is 4.59. The first-order valence-corrected chi connectivity index (χ1v) is 6.17. The number of halogens is 1. The van der Waals surface area contributed by atoms with Crippen LogP contribution >= 0.6 is 27.3 Å². The zero-order chi connectivity index (χ0) is 10.6. The van der Waals surface area contributed by atoms with E-state index >= 15 is 0 Å². The summed E-state index contributed by atoms with van der Waals surface area (Å²) in [5, 5.41) is 21.3. The molecule has 1 rings (SSSR count). The summed E-state index contributed by atoms with van der Waals surface area (Å²) in [6.07, 6.45) is -1.59. The number of hydrogen-bond acceptors (Lipinski definition) is 4. The van der Waals surface area contributed by atoms with Crippen LogP contribution in [0.2, 0.25) is 0 Å². The Hall–Kier alpha value is 0.0600. The Bertz CT molecular complexity index is 277. The lowest BCUT2D eigenvalue weighted by atomic mass is 10.1. The SMILES string of the molecule is COCc1cc(C(O)C(O)CBr)cs1. The predicted molar refractivity (Wildman–Crippen MR) is 59.8 cm³/mol. The van der Waals surface area contributed by atoms with Gasteiger partial charge in [0.1, 0.15) is 6.10 Å². The van der Waals surface area contributed by atoms with E-state index in [0.29, 0.717) is 11.9 Å². The fourth-order valence-corrected chi connectivity index (χ4v) is 2.32. The van der Waals surface area contributed by atoms with Gasteiger partial charge in [0.25, 0.3) is 0 Å². The first kappa shape index (κ1) is 12.1. The fraction of sp³-hybridized carbons (Fsp3) is 0.556. The topological polar surface area (TPSA) is 49.7 Å². The lowest BCUT2D eigenvalue weighted by Gasteiger charge is -2.13. The summed E-state index contributed by atoms with van der Waals surface area (Å²) in [5.41, 5.74) is 0.744. The van der Waals surface area contributed by atoms with Crippen molar-refractivity contribution >= 4 is 27.3 Å². The molecule has 0 bridgehead atoms. The van der Waals surface area contributed by atoms with Gasteiger partial charge in [-0.05, 0) is 17.0 Å². The van der Waals surface area contributed by atoms with Crippen LogP contribution in [0, 0.1) is 0 Å². The second-order valence-electron chi connectivity index (χ2n) is 2.95. The average Bonchev–Trinajstić information content (AvgIpc) is 2.64. The molecule has 5 heteroatoms. The fourth-order valence-electron chi connectivity index (χ4n) is 1.08. The van der Waals surface area contributed by atoms with Crippen LogP contribution in [0.5, 0.6) is 0 Å². The highest BCUT2D eigenvalue weighted by Crippen LogP contribution is 2.24. The van der Waals surface area contributed by atoms with Crippen molar-refractivity contribution in [1.82, 2.24) is 0 Å². The number of hydrogen-bond donors (Lipinski definition) is 2. The highest BCUT2D eigenvalue weighted by Gasteiger charge is 2.18. The first-order chi connectivity index (χ1) is 6.69. The minimum Gasteiger partial charge on any atom is -0.389 e. The van der Waals surface area contributed by atoms with Crippen LogP contribution in [-0.4, -0.2) is 28.8 Å². The molecule has 0 saturated carbocycles. The van der Waals surface area contributed by atoms with E-state index in [9.17, 15) is 10.2 Å². The van der Waals surface area contributed by atoms with Gasteiger partial charge in [-0.2, -0.15) is 0 Å². The second kappa shape index (κ2) is 5.82. The molecule has 1 aromatic heterocycles. The van der Waals surface area contributed by atoms with Crippen LogP contribution in [0.1, 0.15) is 16.5 Å². The Morgan fingerprint density at radius 3 is 2.86 bits per heavy atom. The van der Waals surface area contributed by atoms with Crippen molar-refractivity contribution in [2.75, 3.05) is 12.4 Å². The molecular weight excluding hydrogens is 268 g/mol. The Kier molecular flexibility index (Phi) is 5.05. The Morgan fingerprint density at radius 1 is 1.57 bits per heavy atom. The summed E-state index contributed by atoms with van der Waals surface area (Å²) in [7, 11) is 1.63. The first-order valence-electron chi connectivity index (χ1n) is 4.17. The standard InChI is InChI=1S/C9H13BrO3S/c1-13-4-7-2-6(5-14-7)9(12)8(11)3-10/h2,5,8-9,11-12H,3-4H2,1H3. The zero-order valence-corrected chi connectivity index (χ0v) is 10.2. The van der Waals surface area contributed by atoms with Crippen molar-refractivity contribution in [2.45, 2.75) is 18.8 Å². The minimum atomic E-state index is -0.823. The lowest BCUT2D eigenvalue weighted by molar-refractivity contribution is 0.0344. The number of aliphatic hydroxyl groups excluding tert-OH is 2. The maximum Gasteiger partial charge on any atom is 0.106 e. The molecule has 3 nitrogen and oxygen atoms in total. The number of aliphatic hydroxyl groups is 2. The van der Waals surface area contributed by atoms with Crippen molar-refractivity contribution in [1.29, 1.82) is 0 Å². The maximum atomic E-state index is 9.66. The van der Waals surface area contributed by atoms with Crippen LogP contribution in [0.15, 0.2) is 11.4 Å². The molecular formula is C9H13BrO3S. The van der Waals surface area contributed by atoms with Gasteiger partial charge in [-0.15, -0.1) is 11.3 Å². The van der Waals surface area contributed by atoms with Gasteiger partial charge >= 0.3 is 0 Å². The number of rotatable bonds is 5. The summed E-state index contributed by atoms with van der Waals surface area (Å²) in [4.78, 5) is 1.04. The van der Waals surface area contributed by atoms with E-state index < -0.39 is 12.2 Å². The van der Waals surface area contributed by atoms with E-state index in [4.69, 9.17) is 4.74 Å².